The molecule has 8 nitrogen and oxygen atoms in total. The van der Waals surface area contributed by atoms with Gasteiger partial charge in [-0.1, -0.05) is 22.2 Å². The minimum absolute atomic E-state index is 0.0363. The highest BCUT2D eigenvalue weighted by Crippen LogP contribution is 2.22. The van der Waals surface area contributed by atoms with Crippen molar-refractivity contribution in [3.8, 4) is 10.6 Å². The average Bonchev–Trinajstić information content (AvgIpc) is 3.07. The topological polar surface area (TPSA) is 106 Å². The molecule has 0 saturated heterocycles. The molecule has 0 radical (unpaired) electrons. The van der Waals surface area contributed by atoms with Crippen LogP contribution in [0.25, 0.3) is 10.6 Å². The molecule has 3 aromatic rings. The van der Waals surface area contributed by atoms with Crippen molar-refractivity contribution < 1.29 is 4.79 Å². The summed E-state index contributed by atoms with van der Waals surface area (Å²) in [6, 6.07) is 6.70. The fraction of sp³-hybridized carbons (Fsp3) is 0.0833. The van der Waals surface area contributed by atoms with Crippen LogP contribution in [0.15, 0.2) is 29.1 Å². The summed E-state index contributed by atoms with van der Waals surface area (Å²) in [6.07, 6.45) is 0. The maximum atomic E-state index is 12.3. The standard InChI is InChI=1S/C12H9ClN6O2S/c1-19-12(21)9(15-17-19)10-8(16-18-22-10)11(20)14-7-4-2-3-6(13)5-7/h2-5,17H,1H3,(H,14,20). The quantitative estimate of drug-likeness (QED) is 0.754. The molecule has 0 saturated carbocycles. The van der Waals surface area contributed by atoms with Crippen LogP contribution in [-0.4, -0.2) is 30.5 Å². The van der Waals surface area contributed by atoms with Crippen LogP contribution in [0.5, 0.6) is 0 Å². The van der Waals surface area contributed by atoms with Crippen LogP contribution in [0.4, 0.5) is 5.69 Å². The van der Waals surface area contributed by atoms with Crippen LogP contribution in [0.1, 0.15) is 10.5 Å². The molecule has 1 amide bonds. The first-order chi connectivity index (χ1) is 10.6. The number of nitrogens with zero attached hydrogens (tertiary/aromatic N) is 4. The van der Waals surface area contributed by atoms with Crippen molar-refractivity contribution in [2.45, 2.75) is 0 Å². The summed E-state index contributed by atoms with van der Waals surface area (Å²) >= 11 is 6.80. The van der Waals surface area contributed by atoms with Crippen molar-refractivity contribution in [2.24, 2.45) is 7.05 Å². The fourth-order valence-corrected chi connectivity index (χ4v) is 2.61. The number of carbonyl (C=O) groups excluding carboxylic acids is 1. The fourth-order valence-electron chi connectivity index (χ4n) is 1.78. The van der Waals surface area contributed by atoms with Crippen molar-refractivity contribution in [3.63, 3.8) is 0 Å². The number of carbonyl (C=O) groups is 1. The number of aryl methyl sites for hydroxylation is 1. The molecule has 10 heteroatoms. The van der Waals surface area contributed by atoms with E-state index in [4.69, 9.17) is 11.6 Å². The number of halogens is 1. The lowest BCUT2D eigenvalue weighted by Gasteiger charge is -2.03. The number of aromatic nitrogens is 5. The molecule has 0 aliphatic rings. The summed E-state index contributed by atoms with van der Waals surface area (Å²) in [4.78, 5) is 24.5. The van der Waals surface area contributed by atoms with Gasteiger partial charge in [0, 0.05) is 17.8 Å². The van der Waals surface area contributed by atoms with E-state index >= 15 is 0 Å². The molecule has 2 aromatic heterocycles. The van der Waals surface area contributed by atoms with Crippen LogP contribution in [0.2, 0.25) is 5.02 Å². The summed E-state index contributed by atoms with van der Waals surface area (Å²) in [5.41, 5.74) is 0.303. The molecule has 3 rings (SSSR count). The number of benzene rings is 1. The van der Waals surface area contributed by atoms with E-state index in [9.17, 15) is 9.59 Å². The van der Waals surface area contributed by atoms with Gasteiger partial charge in [-0.3, -0.25) is 9.59 Å². The zero-order valence-corrected chi connectivity index (χ0v) is 12.8. The molecule has 0 fully saturated rings. The lowest BCUT2D eigenvalue weighted by atomic mass is 10.2. The van der Waals surface area contributed by atoms with Gasteiger partial charge in [0.05, 0.1) is 0 Å². The van der Waals surface area contributed by atoms with Gasteiger partial charge in [0.15, 0.2) is 11.4 Å². The van der Waals surface area contributed by atoms with Gasteiger partial charge in [0.1, 0.15) is 4.88 Å². The molecule has 0 spiro atoms. The van der Waals surface area contributed by atoms with Gasteiger partial charge in [-0.15, -0.1) is 5.10 Å². The Morgan fingerprint density at radius 2 is 2.27 bits per heavy atom. The molecule has 22 heavy (non-hydrogen) atoms. The van der Waals surface area contributed by atoms with E-state index < -0.39 is 5.91 Å². The maximum absolute atomic E-state index is 12.3. The van der Waals surface area contributed by atoms with Crippen molar-refractivity contribution in [1.82, 2.24) is 24.6 Å². The zero-order valence-electron chi connectivity index (χ0n) is 11.2. The van der Waals surface area contributed by atoms with E-state index in [1.54, 1.807) is 24.3 Å². The van der Waals surface area contributed by atoms with E-state index in [1.165, 1.54) is 11.7 Å². The third-order valence-electron chi connectivity index (χ3n) is 2.82. The van der Waals surface area contributed by atoms with E-state index in [2.05, 4.69) is 25.2 Å². The molecule has 112 valence electrons. The maximum Gasteiger partial charge on any atom is 0.295 e. The van der Waals surface area contributed by atoms with Gasteiger partial charge in [0.25, 0.3) is 11.5 Å². The van der Waals surface area contributed by atoms with Crippen LogP contribution in [-0.2, 0) is 7.05 Å². The number of aromatic amines is 1. The Morgan fingerprint density at radius 3 is 2.95 bits per heavy atom. The minimum atomic E-state index is -0.490. The van der Waals surface area contributed by atoms with Crippen molar-refractivity contribution in [2.75, 3.05) is 5.32 Å². The zero-order chi connectivity index (χ0) is 15.7. The lowest BCUT2D eigenvalue weighted by Crippen LogP contribution is -2.16. The smallest absolute Gasteiger partial charge is 0.295 e. The SMILES string of the molecule is Cn1[nH]nc(-c2snnc2C(=O)Nc2cccc(Cl)c2)c1=O. The number of hydrogen-bond acceptors (Lipinski definition) is 6. The Hall–Kier alpha value is -2.52. The highest BCUT2D eigenvalue weighted by Gasteiger charge is 2.22. The van der Waals surface area contributed by atoms with Crippen LogP contribution in [0.3, 0.4) is 0 Å². The molecule has 1 aromatic carbocycles. The Morgan fingerprint density at radius 1 is 1.45 bits per heavy atom. The van der Waals surface area contributed by atoms with Crippen molar-refractivity contribution in [3.05, 3.63) is 45.3 Å². The Kier molecular flexibility index (Phi) is 3.73. The summed E-state index contributed by atoms with van der Waals surface area (Å²) in [7, 11) is 1.53. The normalized spacial score (nSPS) is 10.6. The lowest BCUT2D eigenvalue weighted by molar-refractivity contribution is 0.102. The summed E-state index contributed by atoms with van der Waals surface area (Å²) in [5.74, 6) is -0.490. The third-order valence-corrected chi connectivity index (χ3v) is 3.79. The van der Waals surface area contributed by atoms with Crippen LogP contribution in [0, 0.1) is 0 Å². The first kappa shape index (κ1) is 14.4. The van der Waals surface area contributed by atoms with Gasteiger partial charge in [-0.25, -0.2) is 9.90 Å². The second-order valence-electron chi connectivity index (χ2n) is 4.34. The molecule has 0 aliphatic carbocycles. The summed E-state index contributed by atoms with van der Waals surface area (Å²) in [6.45, 7) is 0. The molecule has 0 unspecified atom stereocenters. The number of rotatable bonds is 3. The van der Waals surface area contributed by atoms with Gasteiger partial charge in [0.2, 0.25) is 0 Å². The molecule has 2 heterocycles. The molecule has 0 aliphatic heterocycles. The number of amides is 1. The van der Waals surface area contributed by atoms with E-state index in [1.807, 2.05) is 0 Å². The molecule has 2 N–H and O–H groups in total. The highest BCUT2D eigenvalue weighted by molar-refractivity contribution is 7.09. The number of nitrogens with one attached hydrogen (secondary N) is 2. The largest absolute Gasteiger partial charge is 0.320 e. The first-order valence-corrected chi connectivity index (χ1v) is 7.22. The molecular formula is C12H9ClN6O2S. The van der Waals surface area contributed by atoms with E-state index in [0.29, 0.717) is 15.6 Å². The Labute approximate surface area is 132 Å². The van der Waals surface area contributed by atoms with Crippen molar-refractivity contribution >= 4 is 34.7 Å². The second-order valence-corrected chi connectivity index (χ2v) is 5.53. The first-order valence-electron chi connectivity index (χ1n) is 6.07. The molecular weight excluding hydrogens is 328 g/mol. The minimum Gasteiger partial charge on any atom is -0.320 e. The van der Waals surface area contributed by atoms with Gasteiger partial charge in [-0.2, -0.15) is 5.10 Å². The van der Waals surface area contributed by atoms with Crippen LogP contribution < -0.4 is 10.9 Å². The van der Waals surface area contributed by atoms with E-state index in [0.717, 1.165) is 11.5 Å². The predicted octanol–water partition coefficient (Wildman–Crippen LogP) is 1.53. The Bertz CT molecular complexity index is 899. The molecule has 0 bridgehead atoms. The van der Waals surface area contributed by atoms with E-state index in [-0.39, 0.29) is 16.9 Å². The number of H-pyrrole nitrogens is 1. The third kappa shape index (κ3) is 2.63. The monoisotopic (exact) mass is 336 g/mol. The summed E-state index contributed by atoms with van der Waals surface area (Å²) in [5, 5.41) is 13.3. The van der Waals surface area contributed by atoms with Gasteiger partial charge < -0.3 is 5.32 Å². The Balaban J connectivity index is 1.93. The summed E-state index contributed by atoms with van der Waals surface area (Å²) < 4.78 is 4.93. The van der Waals surface area contributed by atoms with Gasteiger partial charge >= 0.3 is 0 Å². The number of hydrogen-bond donors (Lipinski definition) is 2. The predicted molar refractivity (Wildman–Crippen MR) is 82.1 cm³/mol. The van der Waals surface area contributed by atoms with Crippen LogP contribution >= 0.6 is 23.1 Å². The highest BCUT2D eigenvalue weighted by atomic mass is 35.5. The molecule has 0 atom stereocenters. The number of anilines is 1. The second kappa shape index (κ2) is 5.70. The average molecular weight is 337 g/mol. The van der Waals surface area contributed by atoms with Gasteiger partial charge in [-0.05, 0) is 29.7 Å². The van der Waals surface area contributed by atoms with Crippen molar-refractivity contribution in [1.29, 1.82) is 0 Å².